The Morgan fingerprint density at radius 2 is 1.72 bits per heavy atom. The van der Waals surface area contributed by atoms with E-state index in [1.54, 1.807) is 25.4 Å². The Kier molecular flexibility index (Phi) is 6.90. The zero-order chi connectivity index (χ0) is 24.9. The highest BCUT2D eigenvalue weighted by atomic mass is 16.5. The van der Waals surface area contributed by atoms with Crippen LogP contribution in [0.5, 0.6) is 0 Å². The predicted octanol–water partition coefficient (Wildman–Crippen LogP) is 3.16. The van der Waals surface area contributed by atoms with Crippen LogP contribution in [0.4, 0.5) is 11.4 Å². The molecule has 9 heteroatoms. The van der Waals surface area contributed by atoms with E-state index in [9.17, 15) is 9.59 Å². The lowest BCUT2D eigenvalue weighted by molar-refractivity contribution is -0.119. The third-order valence-corrected chi connectivity index (χ3v) is 6.25. The molecule has 184 valence electrons. The summed E-state index contributed by atoms with van der Waals surface area (Å²) in [5.74, 6) is -1.04. The van der Waals surface area contributed by atoms with Crippen LogP contribution in [-0.2, 0) is 16.1 Å². The summed E-state index contributed by atoms with van der Waals surface area (Å²) < 4.78 is 6.73. The maximum atomic E-state index is 12.5. The molecule has 1 amide bonds. The van der Waals surface area contributed by atoms with Gasteiger partial charge < -0.3 is 15.0 Å². The second-order valence-electron chi connectivity index (χ2n) is 8.77. The molecule has 0 aliphatic carbocycles. The highest BCUT2D eigenvalue weighted by Crippen LogP contribution is 2.20. The Balaban J connectivity index is 1.10. The maximum Gasteiger partial charge on any atom is 0.344 e. The molecule has 0 radical (unpaired) electrons. The van der Waals surface area contributed by atoms with Crippen molar-refractivity contribution >= 4 is 28.9 Å². The van der Waals surface area contributed by atoms with Crippen molar-refractivity contribution in [2.75, 3.05) is 43.0 Å². The van der Waals surface area contributed by atoms with Gasteiger partial charge >= 0.3 is 5.97 Å². The number of anilines is 2. The first-order valence-corrected chi connectivity index (χ1v) is 11.9. The normalized spacial score (nSPS) is 14.1. The smallest absolute Gasteiger partial charge is 0.344 e. The third kappa shape index (κ3) is 5.36. The topological polar surface area (TPSA) is 92.1 Å². The van der Waals surface area contributed by atoms with Gasteiger partial charge in [-0.15, -0.1) is 0 Å². The largest absolute Gasteiger partial charge is 0.452 e. The van der Waals surface area contributed by atoms with E-state index in [0.29, 0.717) is 17.0 Å². The fourth-order valence-electron chi connectivity index (χ4n) is 4.40. The Morgan fingerprint density at radius 1 is 0.972 bits per heavy atom. The van der Waals surface area contributed by atoms with Crippen molar-refractivity contribution in [3.63, 3.8) is 0 Å². The van der Waals surface area contributed by atoms with Gasteiger partial charge in [0, 0.05) is 56.5 Å². The number of aryl methyl sites for hydroxylation is 1. The number of carbonyl (C=O) groups is 2. The van der Waals surface area contributed by atoms with E-state index >= 15 is 0 Å². The van der Waals surface area contributed by atoms with Crippen molar-refractivity contribution < 1.29 is 14.3 Å². The molecule has 0 bridgehead atoms. The number of aromatic nitrogens is 3. The van der Waals surface area contributed by atoms with Crippen molar-refractivity contribution in [3.05, 3.63) is 89.9 Å². The molecule has 3 heterocycles. The van der Waals surface area contributed by atoms with Gasteiger partial charge in [-0.25, -0.2) is 14.3 Å². The number of carbonyl (C=O) groups excluding carboxylic acids is 2. The lowest BCUT2D eigenvalue weighted by Crippen LogP contribution is -2.45. The first-order chi connectivity index (χ1) is 17.6. The van der Waals surface area contributed by atoms with Crippen molar-refractivity contribution in [1.82, 2.24) is 19.5 Å². The van der Waals surface area contributed by atoms with Crippen molar-refractivity contribution in [3.8, 4) is 0 Å². The van der Waals surface area contributed by atoms with Crippen LogP contribution >= 0.6 is 0 Å². The average molecular weight is 485 g/mol. The molecule has 5 rings (SSSR count). The van der Waals surface area contributed by atoms with Crippen LogP contribution in [-0.4, -0.2) is 64.2 Å². The molecule has 1 aliphatic rings. The summed E-state index contributed by atoms with van der Waals surface area (Å²) in [5, 5.41) is 7.02. The molecule has 0 spiro atoms. The van der Waals surface area contributed by atoms with Crippen LogP contribution in [0.25, 0.3) is 5.65 Å². The maximum absolute atomic E-state index is 12.5. The number of hydrogen-bond donors (Lipinski definition) is 1. The number of esters is 1. The van der Waals surface area contributed by atoms with E-state index in [2.05, 4.69) is 49.5 Å². The minimum Gasteiger partial charge on any atom is -0.452 e. The number of amides is 1. The summed E-state index contributed by atoms with van der Waals surface area (Å²) in [5.41, 5.74) is 4.26. The monoisotopic (exact) mass is 484 g/mol. The molecule has 0 atom stereocenters. The molecular formula is C27H28N6O3. The molecule has 1 fully saturated rings. The highest BCUT2D eigenvalue weighted by molar-refractivity contribution is 5.99. The summed E-state index contributed by atoms with van der Waals surface area (Å²) in [6.07, 6.45) is 3.28. The Labute approximate surface area is 209 Å². The first-order valence-electron chi connectivity index (χ1n) is 11.9. The van der Waals surface area contributed by atoms with Crippen LogP contribution < -0.4 is 10.2 Å². The standard InChI is InChI=1S/C27H28N6O3/c1-20-25(26-28-12-5-13-33(26)30-20)27(35)36-19-24(34)29-22-8-10-23(11-9-22)32-16-14-31(15-17-32)18-21-6-3-2-4-7-21/h2-13H,14-19H2,1H3,(H,29,34). The summed E-state index contributed by atoms with van der Waals surface area (Å²) in [6, 6.07) is 20.0. The molecule has 0 saturated carbocycles. The van der Waals surface area contributed by atoms with Crippen LogP contribution in [0, 0.1) is 6.92 Å². The van der Waals surface area contributed by atoms with E-state index in [-0.39, 0.29) is 5.56 Å². The quantitative estimate of drug-likeness (QED) is 0.403. The Morgan fingerprint density at radius 3 is 2.47 bits per heavy atom. The first kappa shape index (κ1) is 23.5. The Hall–Kier alpha value is -4.24. The minimum atomic E-state index is -0.627. The fraction of sp³-hybridized carbons (Fsp3) is 0.259. The molecular weight excluding hydrogens is 456 g/mol. The molecule has 1 saturated heterocycles. The summed E-state index contributed by atoms with van der Waals surface area (Å²) >= 11 is 0. The number of nitrogens with one attached hydrogen (secondary N) is 1. The summed E-state index contributed by atoms with van der Waals surface area (Å²) in [7, 11) is 0. The lowest BCUT2D eigenvalue weighted by Gasteiger charge is -2.36. The third-order valence-electron chi connectivity index (χ3n) is 6.25. The molecule has 9 nitrogen and oxygen atoms in total. The van der Waals surface area contributed by atoms with E-state index in [4.69, 9.17) is 4.74 Å². The molecule has 1 aliphatic heterocycles. The number of ether oxygens (including phenoxy) is 1. The lowest BCUT2D eigenvalue weighted by atomic mass is 10.2. The number of nitrogens with zero attached hydrogens (tertiary/aromatic N) is 5. The van der Waals surface area contributed by atoms with Gasteiger partial charge in [-0.1, -0.05) is 30.3 Å². The minimum absolute atomic E-state index is 0.261. The zero-order valence-corrected chi connectivity index (χ0v) is 20.1. The van der Waals surface area contributed by atoms with Crippen molar-refractivity contribution in [2.24, 2.45) is 0 Å². The molecule has 1 N–H and O–H groups in total. The van der Waals surface area contributed by atoms with Crippen molar-refractivity contribution in [1.29, 1.82) is 0 Å². The van der Waals surface area contributed by atoms with Gasteiger partial charge in [0.25, 0.3) is 5.91 Å². The Bertz CT molecular complexity index is 1350. The molecule has 36 heavy (non-hydrogen) atoms. The summed E-state index contributed by atoms with van der Waals surface area (Å²) in [4.78, 5) is 33.9. The fourth-order valence-corrected chi connectivity index (χ4v) is 4.40. The number of rotatable bonds is 7. The number of benzene rings is 2. The van der Waals surface area contributed by atoms with Crippen LogP contribution in [0.15, 0.2) is 73.1 Å². The van der Waals surface area contributed by atoms with E-state index in [1.165, 1.54) is 10.1 Å². The highest BCUT2D eigenvalue weighted by Gasteiger charge is 2.21. The van der Waals surface area contributed by atoms with Gasteiger partial charge in [-0.3, -0.25) is 9.69 Å². The summed E-state index contributed by atoms with van der Waals surface area (Å²) in [6.45, 7) is 6.18. The van der Waals surface area contributed by atoms with Gasteiger partial charge in [-0.2, -0.15) is 5.10 Å². The molecule has 4 aromatic rings. The molecule has 2 aromatic heterocycles. The van der Waals surface area contributed by atoms with E-state index in [0.717, 1.165) is 38.4 Å². The van der Waals surface area contributed by atoms with Crippen LogP contribution in [0.3, 0.4) is 0 Å². The van der Waals surface area contributed by atoms with Crippen LogP contribution in [0.2, 0.25) is 0 Å². The number of hydrogen-bond acceptors (Lipinski definition) is 7. The van der Waals surface area contributed by atoms with E-state index < -0.39 is 18.5 Å². The van der Waals surface area contributed by atoms with Gasteiger partial charge in [0.2, 0.25) is 0 Å². The van der Waals surface area contributed by atoms with Crippen LogP contribution in [0.1, 0.15) is 21.6 Å². The predicted molar refractivity (Wildman–Crippen MR) is 137 cm³/mol. The van der Waals surface area contributed by atoms with Gasteiger partial charge in [0.1, 0.15) is 5.56 Å². The number of piperazine rings is 1. The zero-order valence-electron chi connectivity index (χ0n) is 20.1. The van der Waals surface area contributed by atoms with Gasteiger partial charge in [0.15, 0.2) is 12.3 Å². The number of fused-ring (bicyclic) bond motifs is 1. The molecule has 2 aromatic carbocycles. The van der Waals surface area contributed by atoms with E-state index in [1.807, 2.05) is 30.3 Å². The van der Waals surface area contributed by atoms with Gasteiger partial charge in [0.05, 0.1) is 5.69 Å². The average Bonchev–Trinajstić information content (AvgIpc) is 3.24. The second-order valence-corrected chi connectivity index (χ2v) is 8.77. The molecule has 0 unspecified atom stereocenters. The van der Waals surface area contributed by atoms with Gasteiger partial charge in [-0.05, 0) is 42.8 Å². The second kappa shape index (κ2) is 10.6. The van der Waals surface area contributed by atoms with Crippen molar-refractivity contribution in [2.45, 2.75) is 13.5 Å². The SMILES string of the molecule is Cc1nn2cccnc2c1C(=O)OCC(=O)Nc1ccc(N2CCN(Cc3ccccc3)CC2)cc1.